The van der Waals surface area contributed by atoms with Gasteiger partial charge in [0.1, 0.15) is 5.82 Å². The lowest BCUT2D eigenvalue weighted by molar-refractivity contribution is 0.102. The van der Waals surface area contributed by atoms with Gasteiger partial charge in [-0.25, -0.2) is 13.2 Å². The van der Waals surface area contributed by atoms with E-state index in [0.717, 1.165) is 0 Å². The van der Waals surface area contributed by atoms with Crippen LogP contribution in [0.3, 0.4) is 0 Å². The van der Waals surface area contributed by atoms with Crippen molar-refractivity contribution in [3.8, 4) is 0 Å². The molecule has 0 atom stereocenters. The van der Waals surface area contributed by atoms with Gasteiger partial charge in [-0.05, 0) is 18.2 Å². The molecule has 7 heteroatoms. The Labute approximate surface area is 117 Å². The molecule has 1 amide bonds. The lowest BCUT2D eigenvalue weighted by atomic mass is 10.1. The van der Waals surface area contributed by atoms with Gasteiger partial charge in [0, 0.05) is 22.8 Å². The van der Waals surface area contributed by atoms with E-state index >= 15 is 0 Å². The second-order valence-corrected chi connectivity index (χ2v) is 4.37. The lowest BCUT2D eigenvalue weighted by Gasteiger charge is -2.09. The Morgan fingerprint density at radius 3 is 2.55 bits per heavy atom. The lowest BCUT2D eigenvalue weighted by Crippen LogP contribution is -2.15. The molecule has 0 saturated heterocycles. The van der Waals surface area contributed by atoms with Crippen LogP contribution in [0.25, 0.3) is 0 Å². The van der Waals surface area contributed by atoms with Crippen LogP contribution in [0.4, 0.5) is 24.5 Å². The molecule has 0 fully saturated rings. The number of carbonyl (C=O) groups is 1. The van der Waals surface area contributed by atoms with E-state index in [1.54, 1.807) is 0 Å². The number of nitrogens with two attached hydrogens (primary N) is 1. The predicted molar refractivity (Wildman–Crippen MR) is 70.1 cm³/mol. The van der Waals surface area contributed by atoms with Crippen molar-refractivity contribution in [3.05, 3.63) is 58.4 Å². The molecule has 3 N–H and O–H groups in total. The smallest absolute Gasteiger partial charge is 0.257 e. The average molecular weight is 301 g/mol. The van der Waals surface area contributed by atoms with Crippen LogP contribution in [0.1, 0.15) is 10.4 Å². The normalized spacial score (nSPS) is 10.4. The minimum absolute atomic E-state index is 0.0263. The van der Waals surface area contributed by atoms with Gasteiger partial charge in [0.25, 0.3) is 5.91 Å². The highest BCUT2D eigenvalue weighted by Crippen LogP contribution is 2.22. The maximum Gasteiger partial charge on any atom is 0.257 e. The van der Waals surface area contributed by atoms with Crippen molar-refractivity contribution < 1.29 is 18.0 Å². The molecule has 3 nitrogen and oxygen atoms in total. The van der Waals surface area contributed by atoms with Crippen molar-refractivity contribution in [2.45, 2.75) is 0 Å². The molecule has 0 saturated carbocycles. The van der Waals surface area contributed by atoms with E-state index in [1.807, 2.05) is 5.32 Å². The van der Waals surface area contributed by atoms with E-state index in [4.69, 9.17) is 17.3 Å². The van der Waals surface area contributed by atoms with E-state index in [9.17, 15) is 18.0 Å². The fraction of sp³-hybridized carbons (Fsp3) is 0. The van der Waals surface area contributed by atoms with E-state index in [0.29, 0.717) is 12.1 Å². The minimum Gasteiger partial charge on any atom is -0.398 e. The molecule has 0 aliphatic rings. The second kappa shape index (κ2) is 5.42. The first-order valence-corrected chi connectivity index (χ1v) is 5.77. The van der Waals surface area contributed by atoms with Gasteiger partial charge in [0.15, 0.2) is 11.6 Å². The van der Waals surface area contributed by atoms with Gasteiger partial charge in [0.05, 0.1) is 11.3 Å². The minimum atomic E-state index is -1.40. The van der Waals surface area contributed by atoms with Gasteiger partial charge in [-0.15, -0.1) is 0 Å². The number of benzene rings is 2. The zero-order valence-electron chi connectivity index (χ0n) is 9.88. The zero-order valence-corrected chi connectivity index (χ0v) is 10.6. The van der Waals surface area contributed by atoms with Crippen molar-refractivity contribution in [1.29, 1.82) is 0 Å². The van der Waals surface area contributed by atoms with Crippen LogP contribution in [0, 0.1) is 17.5 Å². The third-order valence-corrected chi connectivity index (χ3v) is 2.74. The second-order valence-electron chi connectivity index (χ2n) is 3.93. The summed E-state index contributed by atoms with van der Waals surface area (Å²) in [5.74, 6) is -4.60. The average Bonchev–Trinajstić information content (AvgIpc) is 2.38. The summed E-state index contributed by atoms with van der Waals surface area (Å²) >= 11 is 5.72. The van der Waals surface area contributed by atoms with Crippen LogP contribution < -0.4 is 11.1 Å². The summed E-state index contributed by atoms with van der Waals surface area (Å²) in [5, 5.41) is 2.29. The summed E-state index contributed by atoms with van der Waals surface area (Å²) in [6, 6.07) is 5.16. The summed E-state index contributed by atoms with van der Waals surface area (Å²) in [5.41, 5.74) is 5.04. The Morgan fingerprint density at radius 1 is 1.15 bits per heavy atom. The number of amides is 1. The van der Waals surface area contributed by atoms with Gasteiger partial charge >= 0.3 is 0 Å². The van der Waals surface area contributed by atoms with Crippen LogP contribution in [-0.4, -0.2) is 5.91 Å². The number of halogens is 4. The molecule has 0 bridgehead atoms. The third kappa shape index (κ3) is 2.85. The molecule has 2 rings (SSSR count). The Balaban J connectivity index is 2.35. The van der Waals surface area contributed by atoms with Crippen molar-refractivity contribution in [3.63, 3.8) is 0 Å². The van der Waals surface area contributed by atoms with E-state index in [1.165, 1.54) is 18.2 Å². The molecule has 0 spiro atoms. The Morgan fingerprint density at radius 2 is 1.85 bits per heavy atom. The highest BCUT2D eigenvalue weighted by Gasteiger charge is 2.16. The SMILES string of the molecule is Nc1ccc(Cl)cc1C(=O)Nc1cc(F)cc(F)c1F. The van der Waals surface area contributed by atoms with Crippen molar-refractivity contribution >= 4 is 28.9 Å². The number of anilines is 2. The fourth-order valence-electron chi connectivity index (χ4n) is 1.56. The van der Waals surface area contributed by atoms with Crippen LogP contribution in [-0.2, 0) is 0 Å². The van der Waals surface area contributed by atoms with Gasteiger partial charge in [-0.1, -0.05) is 11.6 Å². The molecular weight excluding hydrogens is 293 g/mol. The summed E-state index contributed by atoms with van der Waals surface area (Å²) in [6.45, 7) is 0. The summed E-state index contributed by atoms with van der Waals surface area (Å²) in [6.07, 6.45) is 0. The fourth-order valence-corrected chi connectivity index (χ4v) is 1.73. The number of nitrogen functional groups attached to an aromatic ring is 1. The Hall–Kier alpha value is -2.21. The van der Waals surface area contributed by atoms with E-state index in [-0.39, 0.29) is 16.3 Å². The standard InChI is InChI=1S/C13H8ClF3N2O/c14-6-1-2-10(18)8(3-6)13(20)19-11-5-7(15)4-9(16)12(11)17/h1-5H,18H2,(H,19,20). The molecule has 0 aliphatic heterocycles. The maximum absolute atomic E-state index is 13.4. The molecule has 0 aromatic heterocycles. The third-order valence-electron chi connectivity index (χ3n) is 2.50. The van der Waals surface area contributed by atoms with Gasteiger partial charge in [-0.2, -0.15) is 0 Å². The molecule has 0 radical (unpaired) electrons. The molecule has 20 heavy (non-hydrogen) atoms. The van der Waals surface area contributed by atoms with Crippen molar-refractivity contribution in [2.24, 2.45) is 0 Å². The first-order valence-electron chi connectivity index (χ1n) is 5.39. The summed E-state index contributed by atoms with van der Waals surface area (Å²) in [7, 11) is 0. The largest absolute Gasteiger partial charge is 0.398 e. The maximum atomic E-state index is 13.4. The molecule has 0 aliphatic carbocycles. The molecular formula is C13H8ClF3N2O. The quantitative estimate of drug-likeness (QED) is 0.658. The number of hydrogen-bond donors (Lipinski definition) is 2. The van der Waals surface area contributed by atoms with Crippen LogP contribution in [0.2, 0.25) is 5.02 Å². The van der Waals surface area contributed by atoms with Crippen LogP contribution in [0.5, 0.6) is 0 Å². The number of nitrogens with one attached hydrogen (secondary N) is 1. The summed E-state index contributed by atoms with van der Waals surface area (Å²) in [4.78, 5) is 11.9. The number of carbonyl (C=O) groups excluding carboxylic acids is 1. The highest BCUT2D eigenvalue weighted by molar-refractivity contribution is 6.31. The topological polar surface area (TPSA) is 55.1 Å². The molecule has 104 valence electrons. The first-order chi connectivity index (χ1) is 9.38. The van der Waals surface area contributed by atoms with Crippen LogP contribution >= 0.6 is 11.6 Å². The number of rotatable bonds is 2. The Bertz CT molecular complexity index is 692. The monoisotopic (exact) mass is 300 g/mol. The first kappa shape index (κ1) is 14.2. The Kier molecular flexibility index (Phi) is 3.85. The van der Waals surface area contributed by atoms with Gasteiger partial charge in [-0.3, -0.25) is 4.79 Å². The van der Waals surface area contributed by atoms with Gasteiger partial charge < -0.3 is 11.1 Å². The van der Waals surface area contributed by atoms with Crippen molar-refractivity contribution in [1.82, 2.24) is 0 Å². The van der Waals surface area contributed by atoms with E-state index < -0.39 is 29.0 Å². The van der Waals surface area contributed by atoms with Crippen LogP contribution in [0.15, 0.2) is 30.3 Å². The van der Waals surface area contributed by atoms with E-state index in [2.05, 4.69) is 0 Å². The number of hydrogen-bond acceptors (Lipinski definition) is 2. The molecule has 2 aromatic rings. The van der Waals surface area contributed by atoms with Crippen molar-refractivity contribution in [2.75, 3.05) is 11.1 Å². The van der Waals surface area contributed by atoms with Gasteiger partial charge in [0.2, 0.25) is 0 Å². The highest BCUT2D eigenvalue weighted by atomic mass is 35.5. The molecule has 2 aromatic carbocycles. The molecule has 0 heterocycles. The summed E-state index contributed by atoms with van der Waals surface area (Å²) < 4.78 is 39.4. The predicted octanol–water partition coefficient (Wildman–Crippen LogP) is 3.59. The molecule has 0 unspecified atom stereocenters. The zero-order chi connectivity index (χ0) is 14.9.